The first kappa shape index (κ1) is 16.5. The largest absolute Gasteiger partial charge is 0.460 e. The molecule has 0 saturated heterocycles. The smallest absolute Gasteiger partial charge is 0.320 e. The summed E-state index contributed by atoms with van der Waals surface area (Å²) in [6.45, 7) is 0.609. The number of rotatable bonds is 5. The van der Waals surface area contributed by atoms with E-state index in [1.165, 1.54) is 11.1 Å². The Morgan fingerprint density at radius 2 is 1.59 bits per heavy atom. The predicted octanol–water partition coefficient (Wildman–Crippen LogP) is 2.91. The average Bonchev–Trinajstić information content (AvgIpc) is 2.95. The Balaban J connectivity index is 0.00000176. The van der Waals surface area contributed by atoms with Gasteiger partial charge in [0.15, 0.2) is 0 Å². The molecule has 0 heterocycles. The van der Waals surface area contributed by atoms with Gasteiger partial charge in [0.05, 0.1) is 6.54 Å². The van der Waals surface area contributed by atoms with Crippen LogP contribution in [0.2, 0.25) is 0 Å². The third-order valence-electron chi connectivity index (χ3n) is 3.83. The van der Waals surface area contributed by atoms with E-state index in [1.807, 2.05) is 30.3 Å². The summed E-state index contributed by atoms with van der Waals surface area (Å²) in [5.74, 6) is -0.199. The molecule has 0 aliphatic heterocycles. The molecule has 2 aromatic rings. The first-order valence-corrected chi connectivity index (χ1v) is 7.31. The van der Waals surface area contributed by atoms with E-state index in [1.54, 1.807) is 0 Å². The molecule has 0 bridgehead atoms. The molecule has 0 unspecified atom stereocenters. The van der Waals surface area contributed by atoms with Gasteiger partial charge in [-0.3, -0.25) is 4.79 Å². The lowest BCUT2D eigenvalue weighted by Gasteiger charge is -2.11. The highest BCUT2D eigenvalue weighted by Gasteiger charge is 2.21. The Morgan fingerprint density at radius 3 is 2.23 bits per heavy atom. The Labute approximate surface area is 137 Å². The molecule has 0 aromatic heterocycles. The van der Waals surface area contributed by atoms with Gasteiger partial charge in [-0.15, -0.1) is 12.4 Å². The lowest BCUT2D eigenvalue weighted by Crippen LogP contribution is -2.34. The first-order valence-electron chi connectivity index (χ1n) is 7.31. The van der Waals surface area contributed by atoms with Crippen LogP contribution in [-0.4, -0.2) is 18.6 Å². The quantitative estimate of drug-likeness (QED) is 0.862. The Hall–Kier alpha value is -1.84. The predicted molar refractivity (Wildman–Crippen MR) is 89.1 cm³/mol. The van der Waals surface area contributed by atoms with Gasteiger partial charge < -0.3 is 10.1 Å². The fraction of sp³-hybridized carbons (Fsp3) is 0.278. The number of fused-ring (bicyclic) bond motifs is 1. The molecule has 1 aliphatic carbocycles. The summed E-state index contributed by atoms with van der Waals surface area (Å²) in [6, 6.07) is 18.5. The minimum Gasteiger partial charge on any atom is -0.460 e. The molecule has 0 atom stereocenters. The van der Waals surface area contributed by atoms with Crippen molar-refractivity contribution in [2.24, 2.45) is 0 Å². The van der Waals surface area contributed by atoms with Crippen molar-refractivity contribution in [3.05, 3.63) is 71.3 Å². The van der Waals surface area contributed by atoms with Crippen LogP contribution in [0.5, 0.6) is 0 Å². The lowest BCUT2D eigenvalue weighted by molar-refractivity contribution is -0.144. The zero-order valence-corrected chi connectivity index (χ0v) is 13.1. The van der Waals surface area contributed by atoms with Gasteiger partial charge in [0.2, 0.25) is 0 Å². The maximum atomic E-state index is 11.8. The van der Waals surface area contributed by atoms with E-state index < -0.39 is 0 Å². The van der Waals surface area contributed by atoms with Crippen molar-refractivity contribution in [2.45, 2.75) is 25.5 Å². The summed E-state index contributed by atoms with van der Waals surface area (Å²) in [5.41, 5.74) is 3.78. The number of hydrogen-bond donors (Lipinski definition) is 1. The maximum Gasteiger partial charge on any atom is 0.320 e. The minimum atomic E-state index is -0.199. The number of halogens is 1. The van der Waals surface area contributed by atoms with Crippen molar-refractivity contribution in [1.29, 1.82) is 0 Å². The van der Waals surface area contributed by atoms with Crippen molar-refractivity contribution < 1.29 is 9.53 Å². The van der Waals surface area contributed by atoms with Crippen LogP contribution in [0.4, 0.5) is 0 Å². The molecule has 0 amide bonds. The highest BCUT2D eigenvalue weighted by molar-refractivity contribution is 5.85. The molecule has 1 aliphatic rings. The van der Waals surface area contributed by atoms with Crippen molar-refractivity contribution in [3.63, 3.8) is 0 Å². The molecule has 1 N–H and O–H groups in total. The van der Waals surface area contributed by atoms with Crippen molar-refractivity contribution >= 4 is 18.4 Å². The zero-order valence-electron chi connectivity index (χ0n) is 12.3. The molecule has 0 radical (unpaired) electrons. The number of carbonyl (C=O) groups is 1. The molecule has 2 aromatic carbocycles. The Morgan fingerprint density at radius 1 is 1.00 bits per heavy atom. The highest BCUT2D eigenvalue weighted by Crippen LogP contribution is 2.21. The number of nitrogens with one attached hydrogen (secondary N) is 1. The van der Waals surface area contributed by atoms with Crippen LogP contribution in [0.1, 0.15) is 16.7 Å². The third kappa shape index (κ3) is 4.33. The van der Waals surface area contributed by atoms with E-state index in [4.69, 9.17) is 4.74 Å². The van der Waals surface area contributed by atoms with Crippen LogP contribution in [0, 0.1) is 0 Å². The van der Waals surface area contributed by atoms with Crippen LogP contribution in [0.3, 0.4) is 0 Å². The normalized spacial score (nSPS) is 13.3. The molecule has 3 rings (SSSR count). The summed E-state index contributed by atoms with van der Waals surface area (Å²) in [7, 11) is 0. The molecule has 116 valence electrons. The van der Waals surface area contributed by atoms with E-state index in [0.29, 0.717) is 12.6 Å². The van der Waals surface area contributed by atoms with Gasteiger partial charge in [-0.2, -0.15) is 0 Å². The van der Waals surface area contributed by atoms with Gasteiger partial charge in [0.25, 0.3) is 0 Å². The Bertz CT molecular complexity index is 590. The summed E-state index contributed by atoms with van der Waals surface area (Å²) in [4.78, 5) is 11.8. The second-order valence-electron chi connectivity index (χ2n) is 5.40. The van der Waals surface area contributed by atoms with Crippen LogP contribution in [-0.2, 0) is 29.0 Å². The van der Waals surface area contributed by atoms with Gasteiger partial charge in [0, 0.05) is 6.04 Å². The molecular weight excluding hydrogens is 298 g/mol. The number of carbonyl (C=O) groups excluding carboxylic acids is 1. The summed E-state index contributed by atoms with van der Waals surface area (Å²) in [6.07, 6.45) is 1.98. The van der Waals surface area contributed by atoms with Gasteiger partial charge in [0.1, 0.15) is 6.61 Å². The number of benzene rings is 2. The van der Waals surface area contributed by atoms with E-state index in [-0.39, 0.29) is 24.9 Å². The van der Waals surface area contributed by atoms with E-state index in [0.717, 1.165) is 18.4 Å². The topological polar surface area (TPSA) is 38.3 Å². The fourth-order valence-electron chi connectivity index (χ4n) is 2.72. The molecule has 3 nitrogen and oxygen atoms in total. The Kier molecular flexibility index (Phi) is 5.99. The lowest BCUT2D eigenvalue weighted by atomic mass is 10.1. The van der Waals surface area contributed by atoms with E-state index in [2.05, 4.69) is 29.6 Å². The summed E-state index contributed by atoms with van der Waals surface area (Å²) >= 11 is 0. The van der Waals surface area contributed by atoms with Crippen LogP contribution >= 0.6 is 12.4 Å². The highest BCUT2D eigenvalue weighted by atomic mass is 35.5. The second kappa shape index (κ2) is 7.97. The van der Waals surface area contributed by atoms with Gasteiger partial charge in [-0.05, 0) is 29.5 Å². The molecule has 0 fully saturated rings. The van der Waals surface area contributed by atoms with Gasteiger partial charge in [-0.25, -0.2) is 0 Å². The van der Waals surface area contributed by atoms with Crippen LogP contribution in [0.15, 0.2) is 54.6 Å². The van der Waals surface area contributed by atoms with Crippen molar-refractivity contribution in [1.82, 2.24) is 5.32 Å². The molecule has 0 saturated carbocycles. The number of esters is 1. The third-order valence-corrected chi connectivity index (χ3v) is 3.83. The minimum absolute atomic E-state index is 0. The number of hydrogen-bond acceptors (Lipinski definition) is 3. The standard InChI is InChI=1S/C18H19NO2.ClH/c20-18(21-13-14-6-2-1-3-7-14)12-19-17-10-15-8-4-5-9-16(15)11-17;/h1-9,17,19H,10-13H2;1H. The summed E-state index contributed by atoms with van der Waals surface area (Å²) < 4.78 is 5.26. The monoisotopic (exact) mass is 317 g/mol. The molecule has 4 heteroatoms. The first-order chi connectivity index (χ1) is 10.3. The zero-order chi connectivity index (χ0) is 14.5. The summed E-state index contributed by atoms with van der Waals surface area (Å²) in [5, 5.41) is 3.29. The fourth-order valence-corrected chi connectivity index (χ4v) is 2.72. The van der Waals surface area contributed by atoms with Crippen molar-refractivity contribution in [2.75, 3.05) is 6.54 Å². The maximum absolute atomic E-state index is 11.8. The molecule has 22 heavy (non-hydrogen) atoms. The van der Waals surface area contributed by atoms with Gasteiger partial charge in [-0.1, -0.05) is 54.6 Å². The van der Waals surface area contributed by atoms with Crippen LogP contribution in [0.25, 0.3) is 0 Å². The van der Waals surface area contributed by atoms with E-state index >= 15 is 0 Å². The average molecular weight is 318 g/mol. The number of ether oxygens (including phenoxy) is 1. The van der Waals surface area contributed by atoms with E-state index in [9.17, 15) is 4.79 Å². The SMILES string of the molecule is Cl.O=C(CNC1Cc2ccccc2C1)OCc1ccccc1. The van der Waals surface area contributed by atoms with Gasteiger partial charge >= 0.3 is 5.97 Å². The molecule has 0 spiro atoms. The molecular formula is C18H20ClNO2. The van der Waals surface area contributed by atoms with Crippen LogP contribution < -0.4 is 5.32 Å². The van der Waals surface area contributed by atoms with Crippen molar-refractivity contribution in [3.8, 4) is 0 Å². The second-order valence-corrected chi connectivity index (χ2v) is 5.40.